The molecule has 12 heteroatoms. The molecule has 1 aliphatic heterocycles. The highest BCUT2D eigenvalue weighted by Gasteiger charge is 2.47. The Balaban J connectivity index is 1.39. The van der Waals surface area contributed by atoms with Crippen molar-refractivity contribution in [3.05, 3.63) is 77.9 Å². The predicted molar refractivity (Wildman–Crippen MR) is 157 cm³/mol. The van der Waals surface area contributed by atoms with Crippen LogP contribution in [-0.2, 0) is 9.53 Å². The van der Waals surface area contributed by atoms with E-state index in [4.69, 9.17) is 4.74 Å². The van der Waals surface area contributed by atoms with Crippen LogP contribution in [0.25, 0.3) is 5.69 Å². The highest BCUT2D eigenvalue weighted by Crippen LogP contribution is 2.45. The summed E-state index contributed by atoms with van der Waals surface area (Å²) in [5.41, 5.74) is 1.23. The van der Waals surface area contributed by atoms with E-state index in [1.807, 2.05) is 7.05 Å². The number of hydrogen-bond acceptors (Lipinski definition) is 7. The summed E-state index contributed by atoms with van der Waals surface area (Å²) in [6.07, 6.45) is 3.33. The maximum Gasteiger partial charge on any atom is 0.410 e. The number of nitrogens with one attached hydrogen (secondary N) is 1. The first-order valence-electron chi connectivity index (χ1n) is 14.5. The molecule has 3 aromatic rings. The van der Waals surface area contributed by atoms with Gasteiger partial charge in [0.15, 0.2) is 0 Å². The Morgan fingerprint density at radius 3 is 2.33 bits per heavy atom. The Morgan fingerprint density at radius 2 is 1.72 bits per heavy atom. The van der Waals surface area contributed by atoms with Gasteiger partial charge in [-0.25, -0.2) is 13.9 Å². The number of carbonyl (C=O) groups excluding carboxylic acids is 3. The third kappa shape index (κ3) is 7.56. The van der Waals surface area contributed by atoms with Crippen LogP contribution in [0.4, 0.5) is 9.18 Å². The van der Waals surface area contributed by atoms with Gasteiger partial charge in [0, 0.05) is 43.7 Å². The molecule has 0 spiro atoms. The van der Waals surface area contributed by atoms with Crippen LogP contribution in [0.15, 0.2) is 60.9 Å². The summed E-state index contributed by atoms with van der Waals surface area (Å²) < 4.78 is 20.9. The van der Waals surface area contributed by atoms with E-state index in [1.54, 1.807) is 84.0 Å². The summed E-state index contributed by atoms with van der Waals surface area (Å²) in [6.45, 7) is 7.74. The van der Waals surface area contributed by atoms with Crippen LogP contribution in [0.5, 0.6) is 0 Å². The van der Waals surface area contributed by atoms with Gasteiger partial charge in [0.1, 0.15) is 17.5 Å². The van der Waals surface area contributed by atoms with Crippen molar-refractivity contribution in [2.24, 2.45) is 0 Å². The summed E-state index contributed by atoms with van der Waals surface area (Å²) in [5.74, 6) is -1.06. The second-order valence-corrected chi connectivity index (χ2v) is 12.1. The van der Waals surface area contributed by atoms with Crippen molar-refractivity contribution in [3.63, 3.8) is 0 Å². The molecule has 1 aliphatic carbocycles. The zero-order chi connectivity index (χ0) is 30.7. The van der Waals surface area contributed by atoms with Crippen LogP contribution in [0.3, 0.4) is 0 Å². The van der Waals surface area contributed by atoms with E-state index >= 15 is 0 Å². The second-order valence-electron chi connectivity index (χ2n) is 12.1. The molecule has 1 aromatic heterocycles. The van der Waals surface area contributed by atoms with Crippen molar-refractivity contribution in [2.75, 3.05) is 39.8 Å². The van der Waals surface area contributed by atoms with E-state index in [-0.39, 0.29) is 30.2 Å². The van der Waals surface area contributed by atoms with Gasteiger partial charge in [-0.3, -0.25) is 9.59 Å². The van der Waals surface area contributed by atoms with Crippen LogP contribution < -0.4 is 5.32 Å². The van der Waals surface area contributed by atoms with Crippen molar-refractivity contribution in [2.45, 2.75) is 50.8 Å². The number of aromatic nitrogens is 3. The number of amides is 3. The molecule has 1 saturated carbocycles. The molecule has 43 heavy (non-hydrogen) atoms. The number of likely N-dealkylation sites (N-methyl/N-ethyl adjacent to an activating group) is 1. The SMILES string of the molecule is CN1CCN(C(=O)C(CN(C(=O)OC(C)(C)C)[C@@H]2C[C@H]2c2ccc(F)cc2)NC(=O)c2ccc(-n3ccnn3)cc2)CC1. The Labute approximate surface area is 250 Å². The number of carbonyl (C=O) groups is 3. The molecule has 2 aromatic carbocycles. The van der Waals surface area contributed by atoms with Crippen molar-refractivity contribution in [1.82, 2.24) is 35.0 Å². The minimum atomic E-state index is -1.01. The lowest BCUT2D eigenvalue weighted by molar-refractivity contribution is -0.135. The number of halogens is 1. The average Bonchev–Trinajstić information content (AvgIpc) is 3.55. The van der Waals surface area contributed by atoms with E-state index in [1.165, 1.54) is 12.1 Å². The second kappa shape index (κ2) is 12.5. The maximum atomic E-state index is 13.9. The maximum absolute atomic E-state index is 13.9. The number of hydrogen-bond donors (Lipinski definition) is 1. The highest BCUT2D eigenvalue weighted by molar-refractivity contribution is 5.98. The molecular formula is C31H38FN7O4. The summed E-state index contributed by atoms with van der Waals surface area (Å²) in [6, 6.07) is 11.7. The van der Waals surface area contributed by atoms with Gasteiger partial charge < -0.3 is 24.8 Å². The fraction of sp³-hybridized carbons (Fsp3) is 0.452. The Kier molecular flexibility index (Phi) is 8.77. The molecule has 3 amide bonds. The molecule has 5 rings (SSSR count). The van der Waals surface area contributed by atoms with Gasteiger partial charge in [-0.05, 0) is 76.2 Å². The van der Waals surface area contributed by atoms with Gasteiger partial charge in [-0.2, -0.15) is 0 Å². The van der Waals surface area contributed by atoms with Crippen molar-refractivity contribution in [1.29, 1.82) is 0 Å². The van der Waals surface area contributed by atoms with Gasteiger partial charge in [0.2, 0.25) is 5.91 Å². The van der Waals surface area contributed by atoms with Crippen LogP contribution >= 0.6 is 0 Å². The summed E-state index contributed by atoms with van der Waals surface area (Å²) >= 11 is 0. The smallest absolute Gasteiger partial charge is 0.410 e. The van der Waals surface area contributed by atoms with Crippen LogP contribution in [0.1, 0.15) is 49.0 Å². The number of benzene rings is 2. The van der Waals surface area contributed by atoms with Gasteiger partial charge in [0.05, 0.1) is 24.6 Å². The minimum Gasteiger partial charge on any atom is -0.444 e. The monoisotopic (exact) mass is 591 g/mol. The van der Waals surface area contributed by atoms with Gasteiger partial charge in [-0.15, -0.1) is 5.10 Å². The summed E-state index contributed by atoms with van der Waals surface area (Å²) in [7, 11) is 2.00. The molecule has 0 bridgehead atoms. The average molecular weight is 592 g/mol. The molecule has 1 N–H and O–H groups in total. The Morgan fingerprint density at radius 1 is 1.05 bits per heavy atom. The third-order valence-electron chi connectivity index (χ3n) is 7.70. The van der Waals surface area contributed by atoms with Crippen LogP contribution in [-0.4, -0.2) is 105 Å². The lowest BCUT2D eigenvalue weighted by Crippen LogP contribution is -2.58. The van der Waals surface area contributed by atoms with Crippen molar-refractivity contribution < 1.29 is 23.5 Å². The van der Waals surface area contributed by atoms with E-state index in [0.29, 0.717) is 38.2 Å². The van der Waals surface area contributed by atoms with Crippen molar-refractivity contribution in [3.8, 4) is 5.69 Å². The molecule has 1 saturated heterocycles. The molecule has 2 fully saturated rings. The fourth-order valence-corrected chi connectivity index (χ4v) is 5.24. The lowest BCUT2D eigenvalue weighted by Gasteiger charge is -2.36. The van der Waals surface area contributed by atoms with E-state index in [9.17, 15) is 18.8 Å². The molecular weight excluding hydrogens is 553 g/mol. The van der Waals surface area contributed by atoms with Crippen molar-refractivity contribution >= 4 is 17.9 Å². The zero-order valence-electron chi connectivity index (χ0n) is 24.9. The lowest BCUT2D eigenvalue weighted by atomic mass is 10.1. The predicted octanol–water partition coefficient (Wildman–Crippen LogP) is 3.07. The minimum absolute atomic E-state index is 0.0347. The molecule has 228 valence electrons. The van der Waals surface area contributed by atoms with E-state index in [0.717, 1.165) is 11.3 Å². The van der Waals surface area contributed by atoms with E-state index in [2.05, 4.69) is 20.5 Å². The largest absolute Gasteiger partial charge is 0.444 e. The molecule has 3 atom stereocenters. The number of ether oxygens (including phenoxy) is 1. The van der Waals surface area contributed by atoms with Gasteiger partial charge in [0.25, 0.3) is 5.91 Å². The number of nitrogens with zero attached hydrogens (tertiary/aromatic N) is 6. The number of piperazine rings is 1. The first kappa shape index (κ1) is 30.1. The third-order valence-corrected chi connectivity index (χ3v) is 7.70. The summed E-state index contributed by atoms with van der Waals surface area (Å²) in [4.78, 5) is 46.3. The number of rotatable bonds is 8. The Hall–Kier alpha value is -4.32. The molecule has 11 nitrogen and oxygen atoms in total. The summed E-state index contributed by atoms with van der Waals surface area (Å²) in [5, 5.41) is 10.7. The standard InChI is InChI=1S/C31H38FN7O4/c1-31(2,3)43-30(42)38(27-19-25(27)21-5-9-23(32)10-6-21)20-26(29(41)37-17-15-36(4)16-18-37)34-28(40)22-7-11-24(12-8-22)39-14-13-33-35-39/h5-14,25-27H,15-20H2,1-4H3,(H,34,40)/t25-,26?,27+/m0/s1. The topological polar surface area (TPSA) is 113 Å². The van der Waals surface area contributed by atoms with Crippen LogP contribution in [0.2, 0.25) is 0 Å². The molecule has 2 heterocycles. The van der Waals surface area contributed by atoms with E-state index < -0.39 is 23.6 Å². The first-order chi connectivity index (χ1) is 20.5. The van der Waals surface area contributed by atoms with Crippen LogP contribution in [0, 0.1) is 5.82 Å². The fourth-order valence-electron chi connectivity index (χ4n) is 5.24. The van der Waals surface area contributed by atoms with Gasteiger partial charge >= 0.3 is 6.09 Å². The highest BCUT2D eigenvalue weighted by atomic mass is 19.1. The Bertz CT molecular complexity index is 1420. The normalized spacial score (nSPS) is 19.4. The zero-order valence-corrected chi connectivity index (χ0v) is 24.9. The first-order valence-corrected chi connectivity index (χ1v) is 14.5. The molecule has 2 aliphatic rings. The molecule has 1 unspecified atom stereocenters. The quantitative estimate of drug-likeness (QED) is 0.429. The molecule has 0 radical (unpaired) electrons. The van der Waals surface area contributed by atoms with Gasteiger partial charge in [-0.1, -0.05) is 17.3 Å².